The molecule has 0 radical (unpaired) electrons. The molecule has 2 aromatic heterocycles. The molecular formula is C14H21N5. The van der Waals surface area contributed by atoms with Crippen LogP contribution in [0.1, 0.15) is 37.8 Å². The van der Waals surface area contributed by atoms with E-state index in [1.54, 1.807) is 0 Å². The maximum absolute atomic E-state index is 6.33. The van der Waals surface area contributed by atoms with Crippen LogP contribution < -0.4 is 5.73 Å². The Balaban J connectivity index is 2.15. The van der Waals surface area contributed by atoms with Crippen LogP contribution in [0.25, 0.3) is 11.3 Å². The van der Waals surface area contributed by atoms with Gasteiger partial charge in [0.15, 0.2) is 0 Å². The first-order valence-electron chi connectivity index (χ1n) is 6.84. The van der Waals surface area contributed by atoms with Crippen molar-refractivity contribution in [1.82, 2.24) is 19.3 Å². The lowest BCUT2D eigenvalue weighted by molar-refractivity contribution is 0.346. The average molecular weight is 259 g/mol. The molecule has 1 aliphatic heterocycles. The van der Waals surface area contributed by atoms with Gasteiger partial charge >= 0.3 is 0 Å². The molecule has 0 amide bonds. The third kappa shape index (κ3) is 1.84. The fourth-order valence-corrected chi connectivity index (χ4v) is 3.24. The number of imidazole rings is 1. The largest absolute Gasteiger partial charge is 0.383 e. The summed E-state index contributed by atoms with van der Waals surface area (Å²) in [5.74, 6) is 2.57. The van der Waals surface area contributed by atoms with Crippen LogP contribution in [0.2, 0.25) is 0 Å². The molecule has 3 heterocycles. The van der Waals surface area contributed by atoms with Crippen LogP contribution in [-0.4, -0.2) is 19.3 Å². The number of aromatic nitrogens is 4. The number of fused-ring (bicyclic) bond motifs is 1. The number of hydrogen-bond acceptors (Lipinski definition) is 3. The topological polar surface area (TPSA) is 61.7 Å². The van der Waals surface area contributed by atoms with Gasteiger partial charge in [0.2, 0.25) is 0 Å². The highest BCUT2D eigenvalue weighted by Crippen LogP contribution is 2.36. The minimum Gasteiger partial charge on any atom is -0.383 e. The summed E-state index contributed by atoms with van der Waals surface area (Å²) in [4.78, 5) is 4.78. The van der Waals surface area contributed by atoms with Crippen molar-refractivity contribution in [3.63, 3.8) is 0 Å². The quantitative estimate of drug-likeness (QED) is 0.855. The number of rotatable bonds is 1. The van der Waals surface area contributed by atoms with Crippen molar-refractivity contribution in [2.75, 3.05) is 5.73 Å². The lowest BCUT2D eigenvalue weighted by Crippen LogP contribution is -2.22. The van der Waals surface area contributed by atoms with Gasteiger partial charge in [0.05, 0.1) is 5.69 Å². The van der Waals surface area contributed by atoms with Crippen LogP contribution >= 0.6 is 0 Å². The highest BCUT2D eigenvalue weighted by molar-refractivity contribution is 5.72. The SMILES string of the molecule is Cc1nn(C)cc1-c1nc2n(c1N)C(C)CC(C)C2. The highest BCUT2D eigenvalue weighted by Gasteiger charge is 2.27. The van der Waals surface area contributed by atoms with E-state index in [1.807, 2.05) is 24.9 Å². The Morgan fingerprint density at radius 2 is 2.11 bits per heavy atom. The Bertz CT molecular complexity index is 622. The predicted molar refractivity (Wildman–Crippen MR) is 75.8 cm³/mol. The normalized spacial score (nSPS) is 22.5. The minimum absolute atomic E-state index is 0.428. The van der Waals surface area contributed by atoms with Crippen molar-refractivity contribution in [1.29, 1.82) is 0 Å². The molecule has 2 N–H and O–H groups in total. The molecule has 2 aromatic rings. The van der Waals surface area contributed by atoms with E-state index in [9.17, 15) is 0 Å². The van der Waals surface area contributed by atoms with Gasteiger partial charge in [-0.1, -0.05) is 6.92 Å². The molecule has 0 fully saturated rings. The predicted octanol–water partition coefficient (Wildman–Crippen LogP) is 2.32. The van der Waals surface area contributed by atoms with Gasteiger partial charge in [0.25, 0.3) is 0 Å². The van der Waals surface area contributed by atoms with Crippen molar-refractivity contribution < 1.29 is 0 Å². The number of anilines is 1. The molecule has 2 unspecified atom stereocenters. The molecule has 0 spiro atoms. The Morgan fingerprint density at radius 1 is 1.37 bits per heavy atom. The second kappa shape index (κ2) is 4.11. The Morgan fingerprint density at radius 3 is 2.74 bits per heavy atom. The van der Waals surface area contributed by atoms with Gasteiger partial charge in [0.1, 0.15) is 17.3 Å². The summed E-state index contributed by atoms with van der Waals surface area (Å²) in [5, 5.41) is 4.38. The second-order valence-electron chi connectivity index (χ2n) is 5.83. The average Bonchev–Trinajstić information content (AvgIpc) is 2.79. The Hall–Kier alpha value is -1.78. The standard InChI is InChI=1S/C14H21N5/c1-8-5-9(2)19-12(6-8)16-13(14(19)15)11-7-18(4)17-10(11)3/h7-9H,5-6,15H2,1-4H3. The number of hydrogen-bond donors (Lipinski definition) is 1. The summed E-state index contributed by atoms with van der Waals surface area (Å²) in [6.45, 7) is 6.50. The van der Waals surface area contributed by atoms with Crippen LogP contribution in [0, 0.1) is 12.8 Å². The molecule has 0 bridgehead atoms. The summed E-state index contributed by atoms with van der Waals surface area (Å²) in [6, 6.07) is 0.428. The van der Waals surface area contributed by atoms with Gasteiger partial charge in [0, 0.05) is 31.3 Å². The van der Waals surface area contributed by atoms with E-state index in [0.29, 0.717) is 12.0 Å². The van der Waals surface area contributed by atoms with Crippen LogP contribution in [0.15, 0.2) is 6.20 Å². The maximum atomic E-state index is 6.33. The number of aryl methyl sites for hydroxylation is 2. The van der Waals surface area contributed by atoms with E-state index in [4.69, 9.17) is 10.7 Å². The molecule has 0 aromatic carbocycles. The van der Waals surface area contributed by atoms with E-state index in [2.05, 4.69) is 23.5 Å². The van der Waals surface area contributed by atoms with Gasteiger partial charge in [-0.05, 0) is 26.2 Å². The number of nitrogens with two attached hydrogens (primary N) is 1. The molecule has 19 heavy (non-hydrogen) atoms. The zero-order valence-electron chi connectivity index (χ0n) is 12.0. The second-order valence-corrected chi connectivity index (χ2v) is 5.83. The fourth-order valence-electron chi connectivity index (χ4n) is 3.24. The molecule has 2 atom stereocenters. The first kappa shape index (κ1) is 12.3. The molecule has 5 heteroatoms. The monoisotopic (exact) mass is 259 g/mol. The maximum Gasteiger partial charge on any atom is 0.132 e. The number of nitrogen functional groups attached to an aromatic ring is 1. The third-order valence-corrected chi connectivity index (χ3v) is 4.00. The lowest BCUT2D eigenvalue weighted by Gasteiger charge is -2.27. The molecule has 1 aliphatic rings. The van der Waals surface area contributed by atoms with Crippen LogP contribution in [0.4, 0.5) is 5.82 Å². The molecular weight excluding hydrogens is 238 g/mol. The first-order chi connectivity index (χ1) is 8.97. The van der Waals surface area contributed by atoms with E-state index in [-0.39, 0.29) is 0 Å². The first-order valence-corrected chi connectivity index (χ1v) is 6.84. The summed E-state index contributed by atoms with van der Waals surface area (Å²) in [5.41, 5.74) is 9.24. The van der Waals surface area contributed by atoms with E-state index >= 15 is 0 Å². The van der Waals surface area contributed by atoms with Crippen molar-refractivity contribution in [2.24, 2.45) is 13.0 Å². The van der Waals surface area contributed by atoms with Gasteiger partial charge in [-0.25, -0.2) is 4.98 Å². The van der Waals surface area contributed by atoms with Crippen molar-refractivity contribution in [3.05, 3.63) is 17.7 Å². The van der Waals surface area contributed by atoms with E-state index in [1.165, 1.54) is 6.42 Å². The Kier molecular flexibility index (Phi) is 2.66. The highest BCUT2D eigenvalue weighted by atomic mass is 15.3. The van der Waals surface area contributed by atoms with Gasteiger partial charge in [-0.3, -0.25) is 4.68 Å². The van der Waals surface area contributed by atoms with Gasteiger partial charge in [-0.15, -0.1) is 0 Å². The molecule has 102 valence electrons. The summed E-state index contributed by atoms with van der Waals surface area (Å²) < 4.78 is 4.01. The third-order valence-electron chi connectivity index (χ3n) is 4.00. The zero-order valence-corrected chi connectivity index (χ0v) is 12.0. The molecule has 0 saturated carbocycles. The minimum atomic E-state index is 0.428. The van der Waals surface area contributed by atoms with Crippen LogP contribution in [-0.2, 0) is 13.5 Å². The van der Waals surface area contributed by atoms with Crippen molar-refractivity contribution in [2.45, 2.75) is 39.7 Å². The van der Waals surface area contributed by atoms with Crippen molar-refractivity contribution in [3.8, 4) is 11.3 Å². The summed E-state index contributed by atoms with van der Waals surface area (Å²) in [7, 11) is 1.92. The fraction of sp³-hybridized carbons (Fsp3) is 0.571. The van der Waals surface area contributed by atoms with E-state index in [0.717, 1.165) is 35.0 Å². The lowest BCUT2D eigenvalue weighted by atomic mass is 9.95. The Labute approximate surface area is 113 Å². The zero-order chi connectivity index (χ0) is 13.7. The summed E-state index contributed by atoms with van der Waals surface area (Å²) >= 11 is 0. The smallest absolute Gasteiger partial charge is 0.132 e. The number of nitrogens with zero attached hydrogens (tertiary/aromatic N) is 4. The van der Waals surface area contributed by atoms with Crippen LogP contribution in [0.3, 0.4) is 0 Å². The summed E-state index contributed by atoms with van der Waals surface area (Å²) in [6.07, 6.45) is 4.17. The van der Waals surface area contributed by atoms with Crippen LogP contribution in [0.5, 0.6) is 0 Å². The van der Waals surface area contributed by atoms with Crippen molar-refractivity contribution >= 4 is 5.82 Å². The molecule has 5 nitrogen and oxygen atoms in total. The molecule has 0 aliphatic carbocycles. The van der Waals surface area contributed by atoms with Gasteiger partial charge in [-0.2, -0.15) is 5.10 Å². The molecule has 0 saturated heterocycles. The molecule has 3 rings (SSSR count). The van der Waals surface area contributed by atoms with Gasteiger partial charge < -0.3 is 10.3 Å². The van der Waals surface area contributed by atoms with E-state index < -0.39 is 0 Å².